The highest BCUT2D eigenvalue weighted by Gasteiger charge is 2.63. The van der Waals surface area contributed by atoms with Crippen LogP contribution < -0.4 is 5.32 Å². The number of carbonyl (C=O) groups is 1. The second-order valence-electron chi connectivity index (χ2n) is 3.56. The molecule has 1 rings (SSSR count). The summed E-state index contributed by atoms with van der Waals surface area (Å²) in [5.74, 6) is -7.78. The highest BCUT2D eigenvalue weighted by molar-refractivity contribution is 5.84. The molecular formula is C10H9F5N2O. The van der Waals surface area contributed by atoms with Crippen LogP contribution in [-0.4, -0.2) is 23.0 Å². The summed E-state index contributed by atoms with van der Waals surface area (Å²) in [5, 5.41) is 1.52. The Hall–Kier alpha value is -1.73. The van der Waals surface area contributed by atoms with Gasteiger partial charge >= 0.3 is 18.0 Å². The smallest absolute Gasteiger partial charge is 0.346 e. The van der Waals surface area contributed by atoms with E-state index in [-0.39, 0.29) is 0 Å². The van der Waals surface area contributed by atoms with E-state index in [1.165, 1.54) is 17.6 Å². The van der Waals surface area contributed by atoms with Crippen LogP contribution in [0.15, 0.2) is 18.3 Å². The number of pyridine rings is 1. The van der Waals surface area contributed by atoms with Gasteiger partial charge in [-0.05, 0) is 18.6 Å². The van der Waals surface area contributed by atoms with Crippen LogP contribution in [-0.2, 0) is 11.3 Å². The number of rotatable bonds is 3. The maximum atomic E-state index is 12.5. The molecule has 1 heterocycles. The molecule has 0 radical (unpaired) electrons. The van der Waals surface area contributed by atoms with Crippen LogP contribution in [0.5, 0.6) is 0 Å². The Morgan fingerprint density at radius 1 is 1.28 bits per heavy atom. The van der Waals surface area contributed by atoms with Crippen molar-refractivity contribution in [2.75, 3.05) is 0 Å². The van der Waals surface area contributed by atoms with Crippen LogP contribution in [0, 0.1) is 6.92 Å². The second kappa shape index (κ2) is 4.87. The van der Waals surface area contributed by atoms with Gasteiger partial charge in [0.05, 0.1) is 0 Å². The zero-order chi connectivity index (χ0) is 14.0. The Labute approximate surface area is 99.0 Å². The molecule has 0 aliphatic heterocycles. The minimum Gasteiger partial charge on any atom is -0.346 e. The molecule has 0 spiro atoms. The SMILES string of the molecule is Cc1ccc(CNC(=O)C(F)(F)C(F)(F)F)cn1. The van der Waals surface area contributed by atoms with Crippen LogP contribution in [0.1, 0.15) is 11.3 Å². The van der Waals surface area contributed by atoms with Crippen molar-refractivity contribution in [3.05, 3.63) is 29.6 Å². The maximum Gasteiger partial charge on any atom is 0.463 e. The molecule has 8 heteroatoms. The Morgan fingerprint density at radius 2 is 1.89 bits per heavy atom. The Balaban J connectivity index is 2.64. The van der Waals surface area contributed by atoms with Crippen LogP contribution in [0.3, 0.4) is 0 Å². The molecular weight excluding hydrogens is 259 g/mol. The quantitative estimate of drug-likeness (QED) is 0.854. The fourth-order valence-corrected chi connectivity index (χ4v) is 1.03. The van der Waals surface area contributed by atoms with Gasteiger partial charge in [0.25, 0.3) is 0 Å². The Morgan fingerprint density at radius 3 is 2.33 bits per heavy atom. The van der Waals surface area contributed by atoms with E-state index in [0.29, 0.717) is 11.3 Å². The van der Waals surface area contributed by atoms with E-state index < -0.39 is 24.6 Å². The van der Waals surface area contributed by atoms with Crippen molar-refractivity contribution in [2.24, 2.45) is 0 Å². The van der Waals surface area contributed by atoms with Crippen molar-refractivity contribution in [3.8, 4) is 0 Å². The Kier molecular flexibility index (Phi) is 3.88. The van der Waals surface area contributed by atoms with Gasteiger partial charge in [-0.15, -0.1) is 0 Å². The van der Waals surface area contributed by atoms with Crippen molar-refractivity contribution in [3.63, 3.8) is 0 Å². The number of aryl methyl sites for hydroxylation is 1. The molecule has 1 amide bonds. The summed E-state index contributed by atoms with van der Waals surface area (Å²) in [6, 6.07) is 3.01. The van der Waals surface area contributed by atoms with Crippen molar-refractivity contribution in [1.82, 2.24) is 10.3 Å². The molecule has 3 nitrogen and oxygen atoms in total. The molecule has 0 aromatic carbocycles. The summed E-state index contributed by atoms with van der Waals surface area (Å²) >= 11 is 0. The minimum atomic E-state index is -5.90. The summed E-state index contributed by atoms with van der Waals surface area (Å²) < 4.78 is 60.6. The summed E-state index contributed by atoms with van der Waals surface area (Å²) in [6.07, 6.45) is -4.62. The van der Waals surface area contributed by atoms with Gasteiger partial charge < -0.3 is 5.32 Å². The van der Waals surface area contributed by atoms with Crippen LogP contribution in [0.2, 0.25) is 0 Å². The molecule has 0 saturated carbocycles. The number of hydrogen-bond donors (Lipinski definition) is 1. The van der Waals surface area contributed by atoms with Gasteiger partial charge in [0.1, 0.15) is 0 Å². The normalized spacial score (nSPS) is 12.3. The average Bonchev–Trinajstić information content (AvgIpc) is 2.26. The molecule has 1 aromatic heterocycles. The molecule has 0 aliphatic rings. The van der Waals surface area contributed by atoms with Gasteiger partial charge in [-0.25, -0.2) is 0 Å². The zero-order valence-corrected chi connectivity index (χ0v) is 9.18. The average molecular weight is 268 g/mol. The van der Waals surface area contributed by atoms with E-state index in [1.807, 2.05) is 0 Å². The van der Waals surface area contributed by atoms with Gasteiger partial charge in [0, 0.05) is 18.4 Å². The number of hydrogen-bond acceptors (Lipinski definition) is 2. The fraction of sp³-hybridized carbons (Fsp3) is 0.400. The molecule has 0 unspecified atom stereocenters. The molecule has 0 saturated heterocycles. The van der Waals surface area contributed by atoms with Gasteiger partial charge in [-0.3, -0.25) is 9.78 Å². The van der Waals surface area contributed by atoms with Gasteiger partial charge in [0.15, 0.2) is 0 Å². The fourth-order valence-electron chi connectivity index (χ4n) is 1.03. The predicted molar refractivity (Wildman–Crippen MR) is 51.8 cm³/mol. The number of carbonyl (C=O) groups excluding carboxylic acids is 1. The lowest BCUT2D eigenvalue weighted by molar-refractivity contribution is -0.269. The van der Waals surface area contributed by atoms with Crippen molar-refractivity contribution in [2.45, 2.75) is 25.6 Å². The second-order valence-corrected chi connectivity index (χ2v) is 3.56. The molecule has 1 N–H and O–H groups in total. The first-order chi connectivity index (χ1) is 8.14. The monoisotopic (exact) mass is 268 g/mol. The summed E-state index contributed by atoms with van der Waals surface area (Å²) in [7, 11) is 0. The van der Waals surface area contributed by atoms with Gasteiger partial charge in [-0.1, -0.05) is 6.07 Å². The lowest BCUT2D eigenvalue weighted by atomic mass is 10.2. The number of aromatic nitrogens is 1. The molecule has 100 valence electrons. The minimum absolute atomic E-state index is 0.326. The molecule has 0 fully saturated rings. The number of halogens is 5. The molecule has 0 aliphatic carbocycles. The first kappa shape index (κ1) is 14.3. The summed E-state index contributed by atoms with van der Waals surface area (Å²) in [5.41, 5.74) is 0.984. The van der Waals surface area contributed by atoms with E-state index in [2.05, 4.69) is 4.98 Å². The standard InChI is InChI=1S/C10H9F5N2O/c1-6-2-3-7(4-16-6)5-17-8(18)9(11,12)10(13,14)15/h2-4H,5H2,1H3,(H,17,18). The third kappa shape index (κ3) is 3.14. The van der Waals surface area contributed by atoms with Crippen molar-refractivity contribution < 1.29 is 26.7 Å². The lowest BCUT2D eigenvalue weighted by Crippen LogP contribution is -2.50. The van der Waals surface area contributed by atoms with E-state index >= 15 is 0 Å². The van der Waals surface area contributed by atoms with E-state index in [1.54, 1.807) is 13.0 Å². The first-order valence-corrected chi connectivity index (χ1v) is 4.79. The number of nitrogens with one attached hydrogen (secondary N) is 1. The third-order valence-corrected chi connectivity index (χ3v) is 2.07. The lowest BCUT2D eigenvalue weighted by Gasteiger charge is -2.18. The predicted octanol–water partition coefficient (Wildman–Crippen LogP) is 2.20. The number of nitrogens with zero attached hydrogens (tertiary/aromatic N) is 1. The molecule has 0 atom stereocenters. The van der Waals surface area contributed by atoms with Gasteiger partial charge in [0.2, 0.25) is 0 Å². The summed E-state index contributed by atoms with van der Waals surface area (Å²) in [4.78, 5) is 14.6. The van der Waals surface area contributed by atoms with E-state index in [0.717, 1.165) is 0 Å². The first-order valence-electron chi connectivity index (χ1n) is 4.79. The topological polar surface area (TPSA) is 42.0 Å². The van der Waals surface area contributed by atoms with Crippen molar-refractivity contribution in [1.29, 1.82) is 0 Å². The number of amides is 1. The molecule has 0 bridgehead atoms. The maximum absolute atomic E-state index is 12.5. The highest BCUT2D eigenvalue weighted by atomic mass is 19.4. The van der Waals surface area contributed by atoms with E-state index in [4.69, 9.17) is 0 Å². The Bertz CT molecular complexity index is 427. The van der Waals surface area contributed by atoms with Gasteiger partial charge in [-0.2, -0.15) is 22.0 Å². The van der Waals surface area contributed by atoms with Crippen LogP contribution in [0.25, 0.3) is 0 Å². The van der Waals surface area contributed by atoms with Crippen molar-refractivity contribution >= 4 is 5.91 Å². The molecule has 18 heavy (non-hydrogen) atoms. The van der Waals surface area contributed by atoms with Crippen LogP contribution >= 0.6 is 0 Å². The molecule has 1 aromatic rings. The van der Waals surface area contributed by atoms with E-state index in [9.17, 15) is 26.7 Å². The van der Waals surface area contributed by atoms with Crippen LogP contribution in [0.4, 0.5) is 22.0 Å². The highest BCUT2D eigenvalue weighted by Crippen LogP contribution is 2.35. The largest absolute Gasteiger partial charge is 0.463 e. The summed E-state index contributed by atoms with van der Waals surface area (Å²) in [6.45, 7) is 1.23. The zero-order valence-electron chi connectivity index (χ0n) is 9.18. The number of alkyl halides is 5. The third-order valence-electron chi connectivity index (χ3n) is 2.07.